The molecule has 1 aromatic carbocycles. The maximum absolute atomic E-state index is 5.20. The van der Waals surface area contributed by atoms with Gasteiger partial charge in [-0.2, -0.15) is 0 Å². The van der Waals surface area contributed by atoms with Crippen molar-refractivity contribution in [1.29, 1.82) is 0 Å². The van der Waals surface area contributed by atoms with Gasteiger partial charge in [0.15, 0.2) is 0 Å². The van der Waals surface area contributed by atoms with Gasteiger partial charge < -0.3 is 10.1 Å². The molecule has 3 nitrogen and oxygen atoms in total. The third-order valence-electron chi connectivity index (χ3n) is 2.34. The van der Waals surface area contributed by atoms with Crippen LogP contribution >= 0.6 is 11.3 Å². The van der Waals surface area contributed by atoms with Crippen molar-refractivity contribution in [2.75, 3.05) is 19.5 Å². The average molecular weight is 234 g/mol. The topological polar surface area (TPSA) is 34.1 Å². The predicted molar refractivity (Wildman–Crippen MR) is 68.4 cm³/mol. The van der Waals surface area contributed by atoms with Crippen LogP contribution in [-0.4, -0.2) is 19.1 Å². The van der Waals surface area contributed by atoms with Crippen LogP contribution in [0.1, 0.15) is 5.69 Å². The number of rotatable bonds is 3. The fourth-order valence-corrected chi connectivity index (χ4v) is 2.42. The summed E-state index contributed by atoms with van der Waals surface area (Å²) in [7, 11) is 3.58. The van der Waals surface area contributed by atoms with Crippen molar-refractivity contribution >= 4 is 16.3 Å². The van der Waals surface area contributed by atoms with Gasteiger partial charge >= 0.3 is 0 Å². The molecule has 1 heterocycles. The molecule has 0 amide bonds. The zero-order chi connectivity index (χ0) is 11.5. The maximum atomic E-state index is 5.20. The molecular formula is C12H14N2OS. The highest BCUT2D eigenvalue weighted by Crippen LogP contribution is 2.32. The zero-order valence-electron chi connectivity index (χ0n) is 9.57. The van der Waals surface area contributed by atoms with E-state index < -0.39 is 0 Å². The lowest BCUT2D eigenvalue weighted by Gasteiger charge is -2.00. The van der Waals surface area contributed by atoms with Gasteiger partial charge in [0.25, 0.3) is 0 Å². The lowest BCUT2D eigenvalue weighted by molar-refractivity contribution is 0.415. The highest BCUT2D eigenvalue weighted by atomic mass is 32.1. The Bertz CT molecular complexity index is 494. The van der Waals surface area contributed by atoms with E-state index in [1.807, 2.05) is 38.2 Å². The monoisotopic (exact) mass is 234 g/mol. The van der Waals surface area contributed by atoms with Crippen molar-refractivity contribution in [2.45, 2.75) is 6.92 Å². The number of nitrogens with zero attached hydrogens (tertiary/aromatic N) is 1. The van der Waals surface area contributed by atoms with Gasteiger partial charge in [-0.15, -0.1) is 0 Å². The summed E-state index contributed by atoms with van der Waals surface area (Å²) in [4.78, 5) is 4.53. The number of benzene rings is 1. The van der Waals surface area contributed by atoms with Gasteiger partial charge in [0, 0.05) is 12.6 Å². The Balaban J connectivity index is 2.41. The molecule has 1 aromatic heterocycles. The lowest BCUT2D eigenvalue weighted by Crippen LogP contribution is -1.85. The number of aryl methyl sites for hydroxylation is 1. The maximum Gasteiger partial charge on any atom is 0.125 e. The number of ether oxygens (including phenoxy) is 1. The van der Waals surface area contributed by atoms with E-state index in [1.54, 1.807) is 18.4 Å². The van der Waals surface area contributed by atoms with Crippen LogP contribution in [0.25, 0.3) is 10.6 Å². The second-order valence-corrected chi connectivity index (χ2v) is 4.41. The molecule has 84 valence electrons. The first-order valence-corrected chi connectivity index (χ1v) is 5.86. The predicted octanol–water partition coefficient (Wildman–Crippen LogP) is 3.17. The molecule has 0 aliphatic heterocycles. The minimum Gasteiger partial charge on any atom is -0.497 e. The van der Waals surface area contributed by atoms with Gasteiger partial charge in [0.2, 0.25) is 0 Å². The minimum absolute atomic E-state index is 0.858. The first-order chi connectivity index (χ1) is 7.74. The van der Waals surface area contributed by atoms with Gasteiger partial charge in [0.05, 0.1) is 12.8 Å². The molecule has 0 bridgehead atoms. The lowest BCUT2D eigenvalue weighted by atomic mass is 10.2. The van der Waals surface area contributed by atoms with Crippen molar-refractivity contribution in [1.82, 2.24) is 4.98 Å². The first kappa shape index (κ1) is 11.0. The molecule has 2 rings (SSSR count). The summed E-state index contributed by atoms with van der Waals surface area (Å²) in [6.45, 7) is 2.01. The van der Waals surface area contributed by atoms with Crippen LogP contribution in [0.3, 0.4) is 0 Å². The van der Waals surface area contributed by atoms with E-state index in [4.69, 9.17) is 4.74 Å². The quantitative estimate of drug-likeness (QED) is 0.885. The molecule has 4 heteroatoms. The number of nitrogens with one attached hydrogen (secondary N) is 1. The minimum atomic E-state index is 0.858. The number of methoxy groups -OCH3 is 1. The fourth-order valence-electron chi connectivity index (χ4n) is 1.51. The SMILES string of the molecule is CNc1sc(-c2cccc(OC)c2)nc1C. The normalized spacial score (nSPS) is 10.2. The first-order valence-electron chi connectivity index (χ1n) is 5.04. The Morgan fingerprint density at radius 1 is 1.38 bits per heavy atom. The van der Waals surface area contributed by atoms with Gasteiger partial charge in [-0.3, -0.25) is 0 Å². The second kappa shape index (κ2) is 4.53. The smallest absolute Gasteiger partial charge is 0.125 e. The third kappa shape index (κ3) is 2.02. The van der Waals surface area contributed by atoms with Crippen LogP contribution in [-0.2, 0) is 0 Å². The zero-order valence-corrected chi connectivity index (χ0v) is 10.4. The number of aromatic nitrogens is 1. The Morgan fingerprint density at radius 2 is 2.19 bits per heavy atom. The van der Waals surface area contributed by atoms with Crippen molar-refractivity contribution in [3.05, 3.63) is 30.0 Å². The number of anilines is 1. The van der Waals surface area contributed by atoms with Crippen molar-refractivity contribution < 1.29 is 4.74 Å². The molecule has 0 saturated heterocycles. The molecule has 0 unspecified atom stereocenters. The van der Waals surface area contributed by atoms with E-state index in [9.17, 15) is 0 Å². The molecule has 2 aromatic rings. The summed E-state index contributed by atoms with van der Waals surface area (Å²) >= 11 is 1.65. The van der Waals surface area contributed by atoms with Crippen molar-refractivity contribution in [3.8, 4) is 16.3 Å². The Morgan fingerprint density at radius 3 is 2.81 bits per heavy atom. The number of thiazole rings is 1. The van der Waals surface area contributed by atoms with Gasteiger partial charge in [-0.25, -0.2) is 4.98 Å². The largest absolute Gasteiger partial charge is 0.497 e. The van der Waals surface area contributed by atoms with Crippen LogP contribution in [0, 0.1) is 6.92 Å². The summed E-state index contributed by atoms with van der Waals surface area (Å²) in [6, 6.07) is 7.95. The molecule has 0 saturated carbocycles. The van der Waals surface area contributed by atoms with Crippen molar-refractivity contribution in [2.24, 2.45) is 0 Å². The standard InChI is InChI=1S/C12H14N2OS/c1-8-11(13-2)16-12(14-8)9-5-4-6-10(7-9)15-3/h4-7,13H,1-3H3. The van der Waals surface area contributed by atoms with Crippen LogP contribution in [0.2, 0.25) is 0 Å². The van der Waals surface area contributed by atoms with E-state index in [0.29, 0.717) is 0 Å². The second-order valence-electron chi connectivity index (χ2n) is 3.42. The van der Waals surface area contributed by atoms with Crippen LogP contribution < -0.4 is 10.1 Å². The van der Waals surface area contributed by atoms with Gasteiger partial charge in [-0.05, 0) is 19.1 Å². The van der Waals surface area contributed by atoms with Crippen LogP contribution in [0.15, 0.2) is 24.3 Å². The molecule has 0 aliphatic rings. The van der Waals surface area contributed by atoms with Gasteiger partial charge in [-0.1, -0.05) is 23.5 Å². The fraction of sp³-hybridized carbons (Fsp3) is 0.250. The van der Waals surface area contributed by atoms with E-state index in [1.165, 1.54) is 0 Å². The highest BCUT2D eigenvalue weighted by Gasteiger charge is 2.08. The summed E-state index contributed by atoms with van der Waals surface area (Å²) in [5.74, 6) is 0.858. The Hall–Kier alpha value is -1.55. The number of hydrogen-bond donors (Lipinski definition) is 1. The Labute approximate surface area is 99.1 Å². The third-order valence-corrected chi connectivity index (χ3v) is 3.56. The molecular weight excluding hydrogens is 220 g/mol. The highest BCUT2D eigenvalue weighted by molar-refractivity contribution is 7.19. The summed E-state index contributed by atoms with van der Waals surface area (Å²) in [6.07, 6.45) is 0. The average Bonchev–Trinajstić information content (AvgIpc) is 2.71. The molecule has 0 aliphatic carbocycles. The van der Waals surface area contributed by atoms with Crippen molar-refractivity contribution in [3.63, 3.8) is 0 Å². The molecule has 16 heavy (non-hydrogen) atoms. The van der Waals surface area contributed by atoms with E-state index in [0.717, 1.165) is 27.0 Å². The van der Waals surface area contributed by atoms with E-state index >= 15 is 0 Å². The summed E-state index contributed by atoms with van der Waals surface area (Å²) < 4.78 is 5.20. The molecule has 0 atom stereocenters. The van der Waals surface area contributed by atoms with E-state index in [-0.39, 0.29) is 0 Å². The molecule has 0 radical (unpaired) electrons. The summed E-state index contributed by atoms with van der Waals surface area (Å²) in [5, 5.41) is 5.26. The Kier molecular flexibility index (Phi) is 3.10. The molecule has 0 spiro atoms. The number of hydrogen-bond acceptors (Lipinski definition) is 4. The summed E-state index contributed by atoms with van der Waals surface area (Å²) in [5.41, 5.74) is 2.12. The molecule has 1 N–H and O–H groups in total. The molecule has 0 fully saturated rings. The van der Waals surface area contributed by atoms with Crippen LogP contribution in [0.5, 0.6) is 5.75 Å². The van der Waals surface area contributed by atoms with E-state index in [2.05, 4.69) is 10.3 Å². The van der Waals surface area contributed by atoms with Gasteiger partial charge in [0.1, 0.15) is 15.8 Å². The van der Waals surface area contributed by atoms with Crippen LogP contribution in [0.4, 0.5) is 5.00 Å².